The number of carbonyl (C=O) groups is 1. The van der Waals surface area contributed by atoms with Gasteiger partial charge in [-0.1, -0.05) is 11.6 Å². The summed E-state index contributed by atoms with van der Waals surface area (Å²) in [7, 11) is 0. The quantitative estimate of drug-likeness (QED) is 0.634. The molecule has 28 heavy (non-hydrogen) atoms. The Balaban J connectivity index is 1.67. The number of fused-ring (bicyclic) bond motifs is 1. The van der Waals surface area contributed by atoms with Crippen LogP contribution < -0.4 is 15.6 Å². The number of thiophene rings is 1. The molecule has 3 rings (SSSR count). The molecule has 0 saturated carbocycles. The highest BCUT2D eigenvalue weighted by atomic mass is 35.5. The lowest BCUT2D eigenvalue weighted by atomic mass is 10.2. The van der Waals surface area contributed by atoms with Gasteiger partial charge in [-0.15, -0.1) is 11.3 Å². The molecule has 0 aliphatic carbocycles. The lowest BCUT2D eigenvalue weighted by molar-refractivity contribution is -0.116. The fourth-order valence-corrected chi connectivity index (χ4v) is 3.86. The molecule has 0 unspecified atom stereocenters. The van der Waals surface area contributed by atoms with Crippen LogP contribution in [0.15, 0.2) is 29.3 Å². The molecule has 0 fully saturated rings. The van der Waals surface area contributed by atoms with Gasteiger partial charge in [0, 0.05) is 23.5 Å². The summed E-state index contributed by atoms with van der Waals surface area (Å²) in [6, 6.07) is 3.96. The number of hydrogen-bond donors (Lipinski definition) is 1. The number of aromatic nitrogens is 2. The second-order valence-electron chi connectivity index (χ2n) is 6.03. The summed E-state index contributed by atoms with van der Waals surface area (Å²) in [6.45, 7) is 0.974. The van der Waals surface area contributed by atoms with Crippen molar-refractivity contribution in [1.82, 2.24) is 9.55 Å². The van der Waals surface area contributed by atoms with Gasteiger partial charge in [0.1, 0.15) is 10.6 Å². The number of nitrogens with zero attached hydrogens (tertiary/aromatic N) is 2. The van der Waals surface area contributed by atoms with Crippen molar-refractivity contribution >= 4 is 44.7 Å². The van der Waals surface area contributed by atoms with E-state index in [1.807, 2.05) is 13.8 Å². The van der Waals surface area contributed by atoms with Crippen molar-refractivity contribution in [2.45, 2.75) is 33.4 Å². The lowest BCUT2D eigenvalue weighted by Gasteiger charge is -2.10. The van der Waals surface area contributed by atoms with Gasteiger partial charge in [-0.25, -0.2) is 4.98 Å². The average molecular weight is 428 g/mol. The number of benzene rings is 1. The van der Waals surface area contributed by atoms with Gasteiger partial charge in [-0.2, -0.15) is 8.78 Å². The van der Waals surface area contributed by atoms with Crippen LogP contribution in [0.3, 0.4) is 0 Å². The molecule has 0 spiro atoms. The molecular formula is C18H16ClF2N3O3S. The van der Waals surface area contributed by atoms with Crippen LogP contribution in [-0.2, 0) is 11.3 Å². The number of amides is 1. The summed E-state index contributed by atoms with van der Waals surface area (Å²) in [5.74, 6) is -0.536. The van der Waals surface area contributed by atoms with Crippen LogP contribution in [0.4, 0.5) is 14.5 Å². The first-order chi connectivity index (χ1) is 13.3. The second-order valence-corrected chi connectivity index (χ2v) is 7.64. The number of rotatable bonds is 6. The first kappa shape index (κ1) is 20.2. The second kappa shape index (κ2) is 8.24. The van der Waals surface area contributed by atoms with E-state index in [9.17, 15) is 18.4 Å². The van der Waals surface area contributed by atoms with E-state index in [2.05, 4.69) is 15.0 Å². The number of carbonyl (C=O) groups excluding carboxylic acids is 1. The van der Waals surface area contributed by atoms with Crippen LogP contribution in [0.1, 0.15) is 16.9 Å². The number of halogens is 3. The average Bonchev–Trinajstić information content (AvgIpc) is 2.91. The van der Waals surface area contributed by atoms with E-state index < -0.39 is 6.61 Å². The molecular weight excluding hydrogens is 412 g/mol. The molecule has 3 aromatic rings. The molecule has 0 bridgehead atoms. The number of hydrogen-bond acceptors (Lipinski definition) is 5. The van der Waals surface area contributed by atoms with Gasteiger partial charge in [0.05, 0.1) is 16.7 Å². The highest BCUT2D eigenvalue weighted by Crippen LogP contribution is 2.29. The van der Waals surface area contributed by atoms with E-state index in [1.54, 1.807) is 0 Å². The van der Waals surface area contributed by atoms with E-state index in [0.717, 1.165) is 10.4 Å². The van der Waals surface area contributed by atoms with Crippen molar-refractivity contribution in [2.75, 3.05) is 5.32 Å². The van der Waals surface area contributed by atoms with E-state index in [4.69, 9.17) is 11.6 Å². The van der Waals surface area contributed by atoms with Crippen molar-refractivity contribution in [2.24, 2.45) is 0 Å². The maximum Gasteiger partial charge on any atom is 0.387 e. The Bertz CT molecular complexity index is 1100. The maximum atomic E-state index is 12.6. The van der Waals surface area contributed by atoms with Crippen LogP contribution in [-0.4, -0.2) is 22.1 Å². The number of aryl methyl sites for hydroxylation is 3. The van der Waals surface area contributed by atoms with Crippen molar-refractivity contribution in [3.05, 3.63) is 50.3 Å². The fourth-order valence-electron chi connectivity index (χ4n) is 2.64. The highest BCUT2D eigenvalue weighted by Gasteiger charge is 2.13. The number of alkyl halides is 2. The molecule has 10 heteroatoms. The molecule has 0 radical (unpaired) electrons. The highest BCUT2D eigenvalue weighted by molar-refractivity contribution is 7.18. The van der Waals surface area contributed by atoms with Gasteiger partial charge in [0.15, 0.2) is 0 Å². The first-order valence-corrected chi connectivity index (χ1v) is 9.45. The summed E-state index contributed by atoms with van der Waals surface area (Å²) >= 11 is 7.32. The van der Waals surface area contributed by atoms with Gasteiger partial charge in [-0.05, 0) is 37.6 Å². The zero-order valence-electron chi connectivity index (χ0n) is 15.0. The van der Waals surface area contributed by atoms with Gasteiger partial charge in [0.25, 0.3) is 5.56 Å². The van der Waals surface area contributed by atoms with Gasteiger partial charge >= 0.3 is 6.61 Å². The van der Waals surface area contributed by atoms with Crippen molar-refractivity contribution in [3.8, 4) is 5.75 Å². The van der Waals surface area contributed by atoms with Crippen LogP contribution in [0, 0.1) is 13.8 Å². The number of nitrogens with one attached hydrogen (secondary N) is 1. The smallest absolute Gasteiger partial charge is 0.387 e. The molecule has 2 aromatic heterocycles. The zero-order chi connectivity index (χ0) is 20.4. The van der Waals surface area contributed by atoms with Gasteiger partial charge < -0.3 is 10.1 Å². The van der Waals surface area contributed by atoms with E-state index in [-0.39, 0.29) is 35.2 Å². The van der Waals surface area contributed by atoms with Crippen LogP contribution >= 0.6 is 22.9 Å². The van der Waals surface area contributed by atoms with Crippen molar-refractivity contribution < 1.29 is 18.3 Å². The first-order valence-electron chi connectivity index (χ1n) is 8.25. The number of anilines is 1. The van der Waals surface area contributed by atoms with E-state index in [1.165, 1.54) is 40.4 Å². The Morgan fingerprint density at radius 1 is 1.39 bits per heavy atom. The molecule has 6 nitrogen and oxygen atoms in total. The van der Waals surface area contributed by atoms with Crippen molar-refractivity contribution in [3.63, 3.8) is 0 Å². The van der Waals surface area contributed by atoms with Crippen LogP contribution in [0.5, 0.6) is 5.75 Å². The number of ether oxygens (including phenoxy) is 1. The SMILES string of the molecule is Cc1sc2ncn(CCC(=O)Nc3ccc(OC(F)F)c(Cl)c3)c(=O)c2c1C. The molecule has 0 saturated heterocycles. The lowest BCUT2D eigenvalue weighted by Crippen LogP contribution is -2.23. The summed E-state index contributed by atoms with van der Waals surface area (Å²) in [6.07, 6.45) is 1.46. The van der Waals surface area contributed by atoms with Crippen LogP contribution in [0.25, 0.3) is 10.2 Å². The molecule has 1 aromatic carbocycles. The van der Waals surface area contributed by atoms with Crippen molar-refractivity contribution in [1.29, 1.82) is 0 Å². The minimum Gasteiger partial charge on any atom is -0.433 e. The monoisotopic (exact) mass is 427 g/mol. The molecule has 0 aliphatic rings. The summed E-state index contributed by atoms with van der Waals surface area (Å²) in [5, 5.41) is 3.13. The van der Waals surface area contributed by atoms with E-state index in [0.29, 0.717) is 15.9 Å². The minimum atomic E-state index is -2.99. The third kappa shape index (κ3) is 4.31. The Labute approximate surface area is 167 Å². The Kier molecular flexibility index (Phi) is 5.95. The Hall–Kier alpha value is -2.52. The summed E-state index contributed by atoms with van der Waals surface area (Å²) in [4.78, 5) is 30.8. The largest absolute Gasteiger partial charge is 0.433 e. The van der Waals surface area contributed by atoms with Crippen LogP contribution in [0.2, 0.25) is 5.02 Å². The van der Waals surface area contributed by atoms with Gasteiger partial charge in [0.2, 0.25) is 5.91 Å². The van der Waals surface area contributed by atoms with E-state index >= 15 is 0 Å². The molecule has 1 N–H and O–H groups in total. The molecule has 2 heterocycles. The standard InChI is InChI=1S/C18H16ClF2N3O3S/c1-9-10(2)28-16-15(9)17(26)24(8-22-16)6-5-14(25)23-11-3-4-13(12(19)7-11)27-18(20)21/h3-4,7-8,18H,5-6H2,1-2H3,(H,23,25). The Morgan fingerprint density at radius 2 is 2.14 bits per heavy atom. The zero-order valence-corrected chi connectivity index (χ0v) is 16.5. The molecule has 0 atom stereocenters. The molecule has 0 aliphatic heterocycles. The molecule has 1 amide bonds. The van der Waals surface area contributed by atoms with Gasteiger partial charge in [-0.3, -0.25) is 14.2 Å². The predicted molar refractivity (Wildman–Crippen MR) is 105 cm³/mol. The predicted octanol–water partition coefficient (Wildman–Crippen LogP) is 4.36. The Morgan fingerprint density at radius 3 is 2.82 bits per heavy atom. The topological polar surface area (TPSA) is 73.2 Å². The summed E-state index contributed by atoms with van der Waals surface area (Å²) < 4.78 is 30.1. The molecule has 148 valence electrons. The maximum absolute atomic E-state index is 12.6. The summed E-state index contributed by atoms with van der Waals surface area (Å²) in [5.41, 5.74) is 1.05. The fraction of sp³-hybridized carbons (Fsp3) is 0.278. The third-order valence-electron chi connectivity index (χ3n) is 4.17. The third-order valence-corrected chi connectivity index (χ3v) is 5.58. The minimum absolute atomic E-state index is 0.0299. The normalized spacial score (nSPS) is 11.2.